The maximum absolute atomic E-state index is 12.5. The maximum Gasteiger partial charge on any atom is 0.303 e. The highest BCUT2D eigenvalue weighted by molar-refractivity contribution is 8.26. The SMILES string of the molecule is O=C(O)CCCCCCCCCN1C(=O)/C(=C/c2ccc(O)cc2)SC1=S. The average molecular weight is 408 g/mol. The maximum atomic E-state index is 12.5. The van der Waals surface area contributed by atoms with Gasteiger partial charge in [0.2, 0.25) is 0 Å². The van der Waals surface area contributed by atoms with E-state index in [0.717, 1.165) is 50.5 Å². The molecule has 0 radical (unpaired) electrons. The minimum atomic E-state index is -0.724. The van der Waals surface area contributed by atoms with Crippen LogP contribution in [-0.2, 0) is 9.59 Å². The van der Waals surface area contributed by atoms with Crippen LogP contribution in [0.2, 0.25) is 0 Å². The second-order valence-electron chi connectivity index (χ2n) is 6.54. The predicted molar refractivity (Wildman–Crippen MR) is 113 cm³/mol. The lowest BCUT2D eigenvalue weighted by molar-refractivity contribution is -0.137. The van der Waals surface area contributed by atoms with Crippen LogP contribution in [0.3, 0.4) is 0 Å². The number of hydrogen-bond donors (Lipinski definition) is 2. The van der Waals surface area contributed by atoms with Crippen LogP contribution in [0.1, 0.15) is 56.9 Å². The van der Waals surface area contributed by atoms with Crippen LogP contribution < -0.4 is 0 Å². The fraction of sp³-hybridized carbons (Fsp3) is 0.450. The lowest BCUT2D eigenvalue weighted by Gasteiger charge is -2.14. The fourth-order valence-corrected chi connectivity index (χ4v) is 4.15. The summed E-state index contributed by atoms with van der Waals surface area (Å²) in [6, 6.07) is 6.71. The Bertz CT molecular complexity index is 700. The Morgan fingerprint density at radius 1 is 1.04 bits per heavy atom. The standard InChI is InChI=1S/C20H25NO4S2/c22-16-11-9-15(10-12-16)14-17-19(25)21(20(26)27-17)13-7-5-3-1-2-4-6-8-18(23)24/h9-12,14,22H,1-8,13H2,(H,23,24)/b17-14-. The number of benzene rings is 1. The normalized spacial score (nSPS) is 15.7. The molecule has 0 atom stereocenters. The number of amides is 1. The Balaban J connectivity index is 1.68. The van der Waals surface area contributed by atoms with Crippen LogP contribution in [0.5, 0.6) is 5.75 Å². The molecule has 0 saturated carbocycles. The molecule has 0 unspecified atom stereocenters. The zero-order chi connectivity index (χ0) is 19.6. The Hall–Kier alpha value is -1.86. The van der Waals surface area contributed by atoms with Crippen LogP contribution in [0.15, 0.2) is 29.2 Å². The lowest BCUT2D eigenvalue weighted by atomic mass is 10.1. The summed E-state index contributed by atoms with van der Waals surface area (Å²) < 4.78 is 0.596. The molecule has 0 spiro atoms. The lowest BCUT2D eigenvalue weighted by Crippen LogP contribution is -2.29. The quantitative estimate of drug-likeness (QED) is 0.312. The molecule has 27 heavy (non-hydrogen) atoms. The molecule has 1 aromatic carbocycles. The minimum Gasteiger partial charge on any atom is -0.508 e. The van der Waals surface area contributed by atoms with E-state index in [9.17, 15) is 14.7 Å². The molecule has 146 valence electrons. The molecule has 0 aromatic heterocycles. The molecule has 2 N–H and O–H groups in total. The van der Waals surface area contributed by atoms with Gasteiger partial charge in [0.1, 0.15) is 10.1 Å². The third kappa shape index (κ3) is 7.34. The van der Waals surface area contributed by atoms with Gasteiger partial charge in [0.15, 0.2) is 0 Å². The molecule has 2 rings (SSSR count). The van der Waals surface area contributed by atoms with Crippen LogP contribution in [0.25, 0.3) is 6.08 Å². The Labute approximate surface area is 169 Å². The molecule has 1 aliphatic rings. The summed E-state index contributed by atoms with van der Waals surface area (Å²) in [5, 5.41) is 17.9. The van der Waals surface area contributed by atoms with Crippen molar-refractivity contribution in [3.63, 3.8) is 0 Å². The third-order valence-electron chi connectivity index (χ3n) is 4.34. The van der Waals surface area contributed by atoms with Gasteiger partial charge in [0.05, 0.1) is 4.91 Å². The number of rotatable bonds is 11. The summed E-state index contributed by atoms with van der Waals surface area (Å²) in [5.74, 6) is -0.578. The van der Waals surface area contributed by atoms with Gasteiger partial charge in [0, 0.05) is 13.0 Å². The highest BCUT2D eigenvalue weighted by Gasteiger charge is 2.31. The van der Waals surface area contributed by atoms with Crippen molar-refractivity contribution in [1.29, 1.82) is 0 Å². The van der Waals surface area contributed by atoms with Crippen molar-refractivity contribution in [2.24, 2.45) is 0 Å². The van der Waals surface area contributed by atoms with Crippen molar-refractivity contribution >= 4 is 46.3 Å². The Morgan fingerprint density at radius 3 is 2.26 bits per heavy atom. The molecule has 1 amide bonds. The summed E-state index contributed by atoms with van der Waals surface area (Å²) in [7, 11) is 0. The molecular weight excluding hydrogens is 382 g/mol. The van der Waals surface area contributed by atoms with Crippen LogP contribution in [0, 0.1) is 0 Å². The molecule has 0 aliphatic carbocycles. The number of thiocarbonyl (C=S) groups is 1. The highest BCUT2D eigenvalue weighted by Crippen LogP contribution is 2.33. The van der Waals surface area contributed by atoms with Crippen molar-refractivity contribution in [1.82, 2.24) is 4.90 Å². The van der Waals surface area contributed by atoms with Crippen molar-refractivity contribution in [3.05, 3.63) is 34.7 Å². The van der Waals surface area contributed by atoms with E-state index >= 15 is 0 Å². The van der Waals surface area contributed by atoms with Crippen molar-refractivity contribution < 1.29 is 19.8 Å². The Morgan fingerprint density at radius 2 is 1.63 bits per heavy atom. The number of phenols is 1. The van der Waals surface area contributed by atoms with Gasteiger partial charge in [-0.25, -0.2) is 0 Å². The summed E-state index contributed by atoms with van der Waals surface area (Å²) in [4.78, 5) is 25.2. The number of aliphatic carboxylic acids is 1. The van der Waals surface area contributed by atoms with Gasteiger partial charge < -0.3 is 10.2 Å². The first-order valence-corrected chi connectivity index (χ1v) is 10.5. The first-order chi connectivity index (χ1) is 13.0. The molecule has 1 fully saturated rings. The van der Waals surface area contributed by atoms with Crippen molar-refractivity contribution in [3.8, 4) is 5.75 Å². The van der Waals surface area contributed by atoms with Crippen molar-refractivity contribution in [2.75, 3.05) is 6.54 Å². The minimum absolute atomic E-state index is 0.0493. The topological polar surface area (TPSA) is 77.8 Å². The molecule has 1 saturated heterocycles. The van der Waals surface area contributed by atoms with E-state index in [2.05, 4.69) is 0 Å². The van der Waals surface area contributed by atoms with Crippen LogP contribution in [-0.4, -0.2) is 37.9 Å². The van der Waals surface area contributed by atoms with Gasteiger partial charge in [0.25, 0.3) is 5.91 Å². The predicted octanol–water partition coefficient (Wildman–Crippen LogP) is 4.80. The number of thioether (sulfide) groups is 1. The van der Waals surface area contributed by atoms with E-state index in [1.165, 1.54) is 11.8 Å². The van der Waals surface area contributed by atoms with Crippen LogP contribution >= 0.6 is 24.0 Å². The molecule has 7 heteroatoms. The van der Waals surface area contributed by atoms with E-state index in [1.54, 1.807) is 35.2 Å². The average Bonchev–Trinajstić information content (AvgIpc) is 2.89. The molecule has 0 bridgehead atoms. The number of carboxylic acid groups (broad SMARTS) is 1. The summed E-state index contributed by atoms with van der Waals surface area (Å²) in [6.45, 7) is 0.636. The van der Waals surface area contributed by atoms with Gasteiger partial charge >= 0.3 is 5.97 Å². The van der Waals surface area contributed by atoms with Gasteiger partial charge in [-0.2, -0.15) is 0 Å². The first kappa shape index (κ1) is 21.4. The highest BCUT2D eigenvalue weighted by atomic mass is 32.2. The van der Waals surface area contributed by atoms with Gasteiger partial charge in [-0.15, -0.1) is 0 Å². The zero-order valence-electron chi connectivity index (χ0n) is 15.2. The zero-order valence-corrected chi connectivity index (χ0v) is 16.9. The largest absolute Gasteiger partial charge is 0.508 e. The van der Waals surface area contributed by atoms with Gasteiger partial charge in [-0.05, 0) is 36.6 Å². The molecule has 1 aliphatic heterocycles. The smallest absolute Gasteiger partial charge is 0.303 e. The number of phenolic OH excluding ortho intramolecular Hbond substituents is 1. The van der Waals surface area contributed by atoms with E-state index < -0.39 is 5.97 Å². The summed E-state index contributed by atoms with van der Waals surface area (Å²) in [6.07, 6.45) is 8.96. The van der Waals surface area contributed by atoms with Crippen molar-refractivity contribution in [2.45, 2.75) is 51.4 Å². The fourth-order valence-electron chi connectivity index (χ4n) is 2.84. The number of unbranched alkanes of at least 4 members (excludes halogenated alkanes) is 6. The summed E-state index contributed by atoms with van der Waals surface area (Å²) in [5.41, 5.74) is 0.858. The number of nitrogens with zero attached hydrogens (tertiary/aromatic N) is 1. The van der Waals surface area contributed by atoms with Gasteiger partial charge in [-0.3, -0.25) is 14.5 Å². The van der Waals surface area contributed by atoms with E-state index in [4.69, 9.17) is 17.3 Å². The molecular formula is C20H25NO4S2. The Kier molecular flexibility index (Phi) is 8.81. The molecule has 5 nitrogen and oxygen atoms in total. The van der Waals surface area contributed by atoms with Crippen LogP contribution in [0.4, 0.5) is 0 Å². The van der Waals surface area contributed by atoms with Gasteiger partial charge in [-0.1, -0.05) is 68.2 Å². The monoisotopic (exact) mass is 407 g/mol. The van der Waals surface area contributed by atoms with E-state index in [-0.39, 0.29) is 18.1 Å². The summed E-state index contributed by atoms with van der Waals surface area (Å²) >= 11 is 6.66. The third-order valence-corrected chi connectivity index (χ3v) is 5.71. The molecule has 1 heterocycles. The second-order valence-corrected chi connectivity index (χ2v) is 8.22. The number of hydrogen-bond acceptors (Lipinski definition) is 5. The second kappa shape index (κ2) is 11.1. The number of carbonyl (C=O) groups is 2. The number of carboxylic acids is 1. The van der Waals surface area contributed by atoms with E-state index in [1.807, 2.05) is 0 Å². The molecule has 1 aromatic rings. The first-order valence-electron chi connectivity index (χ1n) is 9.23. The number of aromatic hydroxyl groups is 1. The van der Waals surface area contributed by atoms with E-state index in [0.29, 0.717) is 15.8 Å². The number of carbonyl (C=O) groups excluding carboxylic acids is 1.